The monoisotopic (exact) mass is 348 g/mol. The second-order valence-electron chi connectivity index (χ2n) is 6.90. The molecule has 2 N–H and O–H groups in total. The third kappa shape index (κ3) is 4.98. The van der Waals surface area contributed by atoms with Crippen LogP contribution in [0, 0.1) is 0 Å². The molecule has 1 aromatic carbocycles. The smallest absolute Gasteiger partial charge is 0.230 e. The maximum Gasteiger partial charge on any atom is 0.230 e. The second kappa shape index (κ2) is 8.88. The molecule has 2 atom stereocenters. The molecule has 1 heterocycles. The maximum atomic E-state index is 12.1. The van der Waals surface area contributed by atoms with Crippen LogP contribution in [0.1, 0.15) is 38.5 Å². The molecule has 0 aromatic heterocycles. The van der Waals surface area contributed by atoms with Crippen molar-refractivity contribution in [1.29, 1.82) is 0 Å². The molecule has 1 aromatic rings. The maximum absolute atomic E-state index is 12.1. The summed E-state index contributed by atoms with van der Waals surface area (Å²) in [5, 5.41) is 13.4. The summed E-state index contributed by atoms with van der Waals surface area (Å²) in [6.45, 7) is 1.97. The van der Waals surface area contributed by atoms with Crippen molar-refractivity contribution in [3.8, 4) is 0 Å². The standard InChI is InChI=1S/C19H28N2O2S/c22-18-9-5-4-8-17(18)21-12-10-15(11-13-21)20-19(23)14-24-16-6-2-1-3-7-16/h1-3,6-7,15,17-18,22H,4-5,8-14H2,(H,20,23). The molecule has 24 heavy (non-hydrogen) atoms. The Balaban J connectivity index is 1.38. The summed E-state index contributed by atoms with van der Waals surface area (Å²) < 4.78 is 0. The van der Waals surface area contributed by atoms with Gasteiger partial charge in [0.1, 0.15) is 0 Å². The number of hydrogen-bond acceptors (Lipinski definition) is 4. The number of thioether (sulfide) groups is 1. The number of benzene rings is 1. The number of amides is 1. The minimum atomic E-state index is -0.160. The first kappa shape index (κ1) is 17.8. The average Bonchev–Trinajstić information content (AvgIpc) is 2.62. The molecule has 0 radical (unpaired) electrons. The molecule has 1 saturated carbocycles. The summed E-state index contributed by atoms with van der Waals surface area (Å²) in [5.74, 6) is 0.603. The normalized spacial score (nSPS) is 26.2. The Morgan fingerprint density at radius 1 is 1.12 bits per heavy atom. The van der Waals surface area contributed by atoms with E-state index in [-0.39, 0.29) is 18.1 Å². The van der Waals surface area contributed by atoms with Crippen LogP contribution in [0.25, 0.3) is 0 Å². The van der Waals surface area contributed by atoms with Crippen LogP contribution in [0.5, 0.6) is 0 Å². The number of piperidine rings is 1. The highest BCUT2D eigenvalue weighted by Crippen LogP contribution is 2.26. The summed E-state index contributed by atoms with van der Waals surface area (Å²) in [6.07, 6.45) is 6.27. The van der Waals surface area contributed by atoms with E-state index in [0.717, 1.165) is 50.1 Å². The van der Waals surface area contributed by atoms with E-state index >= 15 is 0 Å². The van der Waals surface area contributed by atoms with Crippen LogP contribution >= 0.6 is 11.8 Å². The van der Waals surface area contributed by atoms with Crippen molar-refractivity contribution in [3.05, 3.63) is 30.3 Å². The number of nitrogens with zero attached hydrogens (tertiary/aromatic N) is 1. The molecule has 1 saturated heterocycles. The molecule has 132 valence electrons. The van der Waals surface area contributed by atoms with E-state index in [9.17, 15) is 9.90 Å². The zero-order valence-corrected chi connectivity index (χ0v) is 15.0. The van der Waals surface area contributed by atoms with E-state index in [1.807, 2.05) is 30.3 Å². The molecule has 4 nitrogen and oxygen atoms in total. The molecular formula is C19H28N2O2S. The lowest BCUT2D eigenvalue weighted by Gasteiger charge is -2.41. The third-order valence-electron chi connectivity index (χ3n) is 5.17. The molecular weight excluding hydrogens is 320 g/mol. The zero-order valence-electron chi connectivity index (χ0n) is 14.2. The summed E-state index contributed by atoms with van der Waals surface area (Å²) in [6, 6.07) is 10.7. The van der Waals surface area contributed by atoms with E-state index in [2.05, 4.69) is 10.2 Å². The number of hydrogen-bond donors (Lipinski definition) is 2. The van der Waals surface area contributed by atoms with Gasteiger partial charge in [-0.3, -0.25) is 9.69 Å². The van der Waals surface area contributed by atoms with Crippen molar-refractivity contribution < 1.29 is 9.90 Å². The van der Waals surface area contributed by atoms with Crippen LogP contribution in [-0.4, -0.2) is 52.9 Å². The molecule has 2 unspecified atom stereocenters. The zero-order chi connectivity index (χ0) is 16.8. The fourth-order valence-electron chi connectivity index (χ4n) is 3.83. The number of aliphatic hydroxyl groups excluding tert-OH is 1. The van der Waals surface area contributed by atoms with Gasteiger partial charge in [0.2, 0.25) is 5.91 Å². The Morgan fingerprint density at radius 3 is 2.54 bits per heavy atom. The molecule has 5 heteroatoms. The number of aliphatic hydroxyl groups is 1. The molecule has 0 spiro atoms. The van der Waals surface area contributed by atoms with E-state index in [1.165, 1.54) is 6.42 Å². The first-order valence-electron chi connectivity index (χ1n) is 9.12. The van der Waals surface area contributed by atoms with Crippen LogP contribution in [-0.2, 0) is 4.79 Å². The first-order chi connectivity index (χ1) is 11.7. The Morgan fingerprint density at radius 2 is 1.83 bits per heavy atom. The number of likely N-dealkylation sites (tertiary alicyclic amines) is 1. The second-order valence-corrected chi connectivity index (χ2v) is 7.95. The van der Waals surface area contributed by atoms with Gasteiger partial charge in [0, 0.05) is 30.1 Å². The van der Waals surface area contributed by atoms with Crippen LogP contribution in [0.2, 0.25) is 0 Å². The topological polar surface area (TPSA) is 52.6 Å². The highest BCUT2D eigenvalue weighted by molar-refractivity contribution is 8.00. The van der Waals surface area contributed by atoms with Crippen molar-refractivity contribution >= 4 is 17.7 Å². The van der Waals surface area contributed by atoms with Gasteiger partial charge in [0.15, 0.2) is 0 Å². The lowest BCUT2D eigenvalue weighted by molar-refractivity contribution is -0.119. The Bertz CT molecular complexity index is 517. The lowest BCUT2D eigenvalue weighted by Crippen LogP contribution is -2.52. The summed E-state index contributed by atoms with van der Waals surface area (Å²) in [7, 11) is 0. The largest absolute Gasteiger partial charge is 0.391 e. The molecule has 0 bridgehead atoms. The fourth-order valence-corrected chi connectivity index (χ4v) is 4.56. The van der Waals surface area contributed by atoms with Gasteiger partial charge in [0.05, 0.1) is 11.9 Å². The quantitative estimate of drug-likeness (QED) is 0.803. The summed E-state index contributed by atoms with van der Waals surface area (Å²) >= 11 is 1.59. The van der Waals surface area contributed by atoms with Crippen LogP contribution in [0.4, 0.5) is 0 Å². The molecule has 2 fully saturated rings. The highest BCUT2D eigenvalue weighted by Gasteiger charge is 2.31. The summed E-state index contributed by atoms with van der Waals surface area (Å²) in [4.78, 5) is 15.7. The Labute approximate surface area is 149 Å². The van der Waals surface area contributed by atoms with E-state index < -0.39 is 0 Å². The van der Waals surface area contributed by atoms with Gasteiger partial charge in [-0.1, -0.05) is 31.0 Å². The molecule has 2 aliphatic rings. The molecule has 3 rings (SSSR count). The number of carbonyl (C=O) groups excluding carboxylic acids is 1. The minimum Gasteiger partial charge on any atom is -0.391 e. The SMILES string of the molecule is O=C(CSc1ccccc1)NC1CCN(C2CCCCC2O)CC1. The van der Waals surface area contributed by atoms with Crippen LogP contribution in [0.3, 0.4) is 0 Å². The van der Waals surface area contributed by atoms with Crippen LogP contribution in [0.15, 0.2) is 35.2 Å². The number of carbonyl (C=O) groups is 1. The van der Waals surface area contributed by atoms with Gasteiger partial charge in [-0.25, -0.2) is 0 Å². The highest BCUT2D eigenvalue weighted by atomic mass is 32.2. The first-order valence-corrected chi connectivity index (χ1v) is 10.1. The lowest BCUT2D eigenvalue weighted by atomic mass is 9.89. The van der Waals surface area contributed by atoms with E-state index in [4.69, 9.17) is 0 Å². The molecule has 1 aliphatic carbocycles. The summed E-state index contributed by atoms with van der Waals surface area (Å²) in [5.41, 5.74) is 0. The Kier molecular flexibility index (Phi) is 6.58. The molecule has 1 amide bonds. The van der Waals surface area contributed by atoms with Crippen molar-refractivity contribution in [1.82, 2.24) is 10.2 Å². The molecule has 1 aliphatic heterocycles. The van der Waals surface area contributed by atoms with Gasteiger partial charge in [-0.2, -0.15) is 0 Å². The Hall–Kier alpha value is -1.04. The van der Waals surface area contributed by atoms with Crippen molar-refractivity contribution in [2.45, 2.75) is 61.6 Å². The minimum absolute atomic E-state index is 0.125. The fraction of sp³-hybridized carbons (Fsp3) is 0.632. The van der Waals surface area contributed by atoms with Crippen LogP contribution < -0.4 is 5.32 Å². The van der Waals surface area contributed by atoms with Gasteiger partial charge in [-0.15, -0.1) is 11.8 Å². The van der Waals surface area contributed by atoms with Crippen molar-refractivity contribution in [2.75, 3.05) is 18.8 Å². The number of nitrogens with one attached hydrogen (secondary N) is 1. The van der Waals surface area contributed by atoms with Crippen molar-refractivity contribution in [3.63, 3.8) is 0 Å². The van der Waals surface area contributed by atoms with Gasteiger partial charge < -0.3 is 10.4 Å². The van der Waals surface area contributed by atoms with E-state index in [0.29, 0.717) is 11.8 Å². The van der Waals surface area contributed by atoms with Gasteiger partial charge >= 0.3 is 0 Å². The van der Waals surface area contributed by atoms with Gasteiger partial charge in [-0.05, 0) is 37.8 Å². The van der Waals surface area contributed by atoms with Gasteiger partial charge in [0.25, 0.3) is 0 Å². The average molecular weight is 349 g/mol. The number of rotatable bonds is 5. The van der Waals surface area contributed by atoms with Crippen molar-refractivity contribution in [2.24, 2.45) is 0 Å². The van der Waals surface area contributed by atoms with E-state index in [1.54, 1.807) is 11.8 Å². The predicted octanol–water partition coefficient (Wildman–Crippen LogP) is 2.66. The third-order valence-corrected chi connectivity index (χ3v) is 6.18. The predicted molar refractivity (Wildman–Crippen MR) is 98.2 cm³/mol.